The zero-order valence-electron chi connectivity index (χ0n) is 13.7. The summed E-state index contributed by atoms with van der Waals surface area (Å²) in [7, 11) is -2.27. The highest BCUT2D eigenvalue weighted by Gasteiger charge is 2.24. The molecule has 9 heteroatoms. The Morgan fingerprint density at radius 1 is 1.29 bits per heavy atom. The lowest BCUT2D eigenvalue weighted by Crippen LogP contribution is -2.14. The minimum atomic E-state index is -3.89. The molecule has 0 atom stereocenters. The zero-order valence-corrected chi connectivity index (χ0v) is 15.2. The van der Waals surface area contributed by atoms with Crippen molar-refractivity contribution >= 4 is 38.4 Å². The van der Waals surface area contributed by atoms with Crippen molar-refractivity contribution in [2.75, 3.05) is 4.72 Å². The molecule has 7 nitrogen and oxygen atoms in total. The lowest BCUT2D eigenvalue weighted by molar-refractivity contribution is 0.411. The summed E-state index contributed by atoms with van der Waals surface area (Å²) in [5, 5.41) is -0.178. The molecule has 0 amide bonds. The average Bonchev–Trinajstić information content (AvgIpc) is 3.02. The molecule has 24 heavy (non-hydrogen) atoms. The Hall–Kier alpha value is -2.06. The van der Waals surface area contributed by atoms with Gasteiger partial charge in [0.15, 0.2) is 5.58 Å². The molecule has 0 aliphatic carbocycles. The molecular formula is C15H17ClN4O3S. The number of hydrogen-bond acceptors (Lipinski definition) is 5. The van der Waals surface area contributed by atoms with E-state index >= 15 is 0 Å². The molecule has 1 N–H and O–H groups in total. The highest BCUT2D eigenvalue weighted by Crippen LogP contribution is 2.28. The van der Waals surface area contributed by atoms with Gasteiger partial charge in [0.2, 0.25) is 10.9 Å². The van der Waals surface area contributed by atoms with Gasteiger partial charge in [-0.2, -0.15) is 8.42 Å². The predicted molar refractivity (Wildman–Crippen MR) is 91.7 cm³/mol. The van der Waals surface area contributed by atoms with E-state index < -0.39 is 10.0 Å². The third kappa shape index (κ3) is 2.99. The number of sulfonamides is 1. The number of benzene rings is 1. The molecule has 1 aromatic carbocycles. The maximum atomic E-state index is 12.4. The van der Waals surface area contributed by atoms with Crippen molar-refractivity contribution in [1.29, 1.82) is 0 Å². The van der Waals surface area contributed by atoms with Crippen molar-refractivity contribution < 1.29 is 12.8 Å². The molecule has 3 rings (SSSR count). The second-order valence-corrected chi connectivity index (χ2v) is 8.46. The van der Waals surface area contributed by atoms with E-state index in [9.17, 15) is 8.42 Å². The Balaban J connectivity index is 1.97. The van der Waals surface area contributed by atoms with Gasteiger partial charge >= 0.3 is 0 Å². The fourth-order valence-electron chi connectivity index (χ4n) is 2.09. The van der Waals surface area contributed by atoms with Gasteiger partial charge in [-0.15, -0.1) is 0 Å². The van der Waals surface area contributed by atoms with Crippen LogP contribution in [0.3, 0.4) is 0 Å². The molecular weight excluding hydrogens is 352 g/mol. The number of nitrogens with one attached hydrogen (secondary N) is 1. The maximum absolute atomic E-state index is 12.4. The van der Waals surface area contributed by atoms with E-state index in [2.05, 4.69) is 14.7 Å². The molecule has 0 unspecified atom stereocenters. The SMILES string of the molecule is Cn1cnc(S(=O)(=O)Nc2ccc3oc(C(C)(C)C)nc3c2)c1Cl. The first-order valence-corrected chi connectivity index (χ1v) is 9.05. The monoisotopic (exact) mass is 368 g/mol. The molecule has 128 valence electrons. The second-order valence-electron chi connectivity index (χ2n) is 6.51. The molecule has 0 aliphatic heterocycles. The molecule has 0 fully saturated rings. The average molecular weight is 369 g/mol. The van der Waals surface area contributed by atoms with E-state index in [-0.39, 0.29) is 15.6 Å². The molecule has 0 aliphatic rings. The van der Waals surface area contributed by atoms with Crippen LogP contribution in [0, 0.1) is 0 Å². The summed E-state index contributed by atoms with van der Waals surface area (Å²) in [6, 6.07) is 4.90. The Bertz CT molecular complexity index is 1020. The maximum Gasteiger partial charge on any atom is 0.282 e. The van der Waals surface area contributed by atoms with Crippen molar-refractivity contribution in [3.63, 3.8) is 0 Å². The van der Waals surface area contributed by atoms with E-state index in [0.29, 0.717) is 22.7 Å². The topological polar surface area (TPSA) is 90.0 Å². The molecule has 0 spiro atoms. The van der Waals surface area contributed by atoms with E-state index in [1.54, 1.807) is 25.2 Å². The highest BCUT2D eigenvalue weighted by atomic mass is 35.5. The van der Waals surface area contributed by atoms with Crippen molar-refractivity contribution in [2.24, 2.45) is 7.05 Å². The van der Waals surface area contributed by atoms with Gasteiger partial charge in [-0.05, 0) is 18.2 Å². The highest BCUT2D eigenvalue weighted by molar-refractivity contribution is 7.92. The van der Waals surface area contributed by atoms with Crippen LogP contribution in [-0.4, -0.2) is 23.0 Å². The van der Waals surface area contributed by atoms with Crippen molar-refractivity contribution in [1.82, 2.24) is 14.5 Å². The number of aryl methyl sites for hydroxylation is 1. The summed E-state index contributed by atoms with van der Waals surface area (Å²) in [6.07, 6.45) is 1.34. The van der Waals surface area contributed by atoms with Gasteiger partial charge in [0.05, 0.1) is 12.0 Å². The Morgan fingerprint density at radius 2 is 2.00 bits per heavy atom. The smallest absolute Gasteiger partial charge is 0.282 e. The minimum Gasteiger partial charge on any atom is -0.440 e. The van der Waals surface area contributed by atoms with Crippen LogP contribution in [0.25, 0.3) is 11.1 Å². The first-order chi connectivity index (χ1) is 11.1. The number of hydrogen-bond donors (Lipinski definition) is 1. The van der Waals surface area contributed by atoms with Gasteiger partial charge in [-0.25, -0.2) is 9.97 Å². The fourth-order valence-corrected chi connectivity index (χ4v) is 3.57. The van der Waals surface area contributed by atoms with Crippen LogP contribution in [0.2, 0.25) is 5.15 Å². The van der Waals surface area contributed by atoms with Crippen LogP contribution in [0.5, 0.6) is 0 Å². The van der Waals surface area contributed by atoms with Crippen LogP contribution in [0.1, 0.15) is 26.7 Å². The first kappa shape index (κ1) is 16.8. The molecule has 2 aromatic heterocycles. The number of rotatable bonds is 3. The predicted octanol–water partition coefficient (Wildman–Crippen LogP) is 3.31. The lowest BCUT2D eigenvalue weighted by Gasteiger charge is -2.11. The van der Waals surface area contributed by atoms with Crippen LogP contribution >= 0.6 is 11.6 Å². The summed E-state index contributed by atoms with van der Waals surface area (Å²) in [5.41, 5.74) is 1.30. The summed E-state index contributed by atoms with van der Waals surface area (Å²) in [6.45, 7) is 5.97. The normalized spacial score (nSPS) is 12.7. The third-order valence-electron chi connectivity index (χ3n) is 3.37. The third-order valence-corrected chi connectivity index (χ3v) is 5.24. The molecule has 0 bridgehead atoms. The molecule has 0 radical (unpaired) electrons. The van der Waals surface area contributed by atoms with Gasteiger partial charge in [-0.1, -0.05) is 32.4 Å². The quantitative estimate of drug-likeness (QED) is 0.765. The lowest BCUT2D eigenvalue weighted by atomic mass is 9.97. The van der Waals surface area contributed by atoms with Crippen LogP contribution < -0.4 is 4.72 Å². The molecule has 3 aromatic rings. The van der Waals surface area contributed by atoms with E-state index in [1.165, 1.54) is 10.9 Å². The Morgan fingerprint density at radius 3 is 2.58 bits per heavy atom. The number of oxazole rings is 1. The zero-order chi connectivity index (χ0) is 17.7. The van der Waals surface area contributed by atoms with E-state index in [4.69, 9.17) is 16.0 Å². The number of nitrogens with zero attached hydrogens (tertiary/aromatic N) is 3. The van der Waals surface area contributed by atoms with Gasteiger partial charge in [0, 0.05) is 12.5 Å². The Kier molecular flexibility index (Phi) is 3.84. The first-order valence-electron chi connectivity index (χ1n) is 7.18. The number of fused-ring (bicyclic) bond motifs is 1. The number of imidazole rings is 1. The largest absolute Gasteiger partial charge is 0.440 e. The summed E-state index contributed by atoms with van der Waals surface area (Å²) in [4.78, 5) is 8.25. The van der Waals surface area contributed by atoms with Crippen LogP contribution in [0.4, 0.5) is 5.69 Å². The van der Waals surface area contributed by atoms with Gasteiger partial charge in [-0.3, -0.25) is 4.72 Å². The molecule has 0 saturated carbocycles. The van der Waals surface area contributed by atoms with Gasteiger partial charge in [0.1, 0.15) is 10.7 Å². The molecule has 2 heterocycles. The second kappa shape index (κ2) is 5.49. The minimum absolute atomic E-state index is 0.0417. The van der Waals surface area contributed by atoms with E-state index in [1.807, 2.05) is 20.8 Å². The van der Waals surface area contributed by atoms with Crippen LogP contribution in [-0.2, 0) is 22.5 Å². The van der Waals surface area contributed by atoms with Gasteiger partial charge in [0.25, 0.3) is 10.0 Å². The summed E-state index contributed by atoms with van der Waals surface area (Å²) >= 11 is 5.96. The van der Waals surface area contributed by atoms with Crippen molar-refractivity contribution in [3.05, 3.63) is 35.6 Å². The number of aromatic nitrogens is 3. The number of anilines is 1. The van der Waals surface area contributed by atoms with Crippen molar-refractivity contribution in [2.45, 2.75) is 31.2 Å². The standard InChI is InChI=1S/C15H17ClN4O3S/c1-15(2,3)14-18-10-7-9(5-6-11(10)23-14)19-24(21,22)13-12(16)20(4)8-17-13/h5-8,19H,1-4H3. The summed E-state index contributed by atoms with van der Waals surface area (Å²) < 4.78 is 34.4. The Labute approximate surface area is 144 Å². The van der Waals surface area contributed by atoms with Crippen LogP contribution in [0.15, 0.2) is 34.0 Å². The fraction of sp³-hybridized carbons (Fsp3) is 0.333. The summed E-state index contributed by atoms with van der Waals surface area (Å²) in [5.74, 6) is 0.588. The van der Waals surface area contributed by atoms with E-state index in [0.717, 1.165) is 0 Å². The van der Waals surface area contributed by atoms with Gasteiger partial charge < -0.3 is 8.98 Å². The number of halogens is 1. The van der Waals surface area contributed by atoms with Crippen molar-refractivity contribution in [3.8, 4) is 0 Å². The molecule has 0 saturated heterocycles.